The highest BCUT2D eigenvalue weighted by Crippen LogP contribution is 2.33. The van der Waals surface area contributed by atoms with Gasteiger partial charge in [0.1, 0.15) is 12.4 Å². The van der Waals surface area contributed by atoms with Gasteiger partial charge in [0.25, 0.3) is 0 Å². The van der Waals surface area contributed by atoms with Gasteiger partial charge in [0.15, 0.2) is 5.82 Å². The topological polar surface area (TPSA) is 80.1 Å². The molecule has 1 atom stereocenters. The van der Waals surface area contributed by atoms with E-state index in [1.807, 2.05) is 0 Å². The molecular weight excluding hydrogens is 294 g/mol. The number of aryl methyl sites for hydroxylation is 2. The minimum atomic E-state index is 0.332. The van der Waals surface area contributed by atoms with Gasteiger partial charge in [-0.2, -0.15) is 4.98 Å². The van der Waals surface area contributed by atoms with Crippen LogP contribution in [0.3, 0.4) is 0 Å². The molecule has 23 heavy (non-hydrogen) atoms. The normalized spacial score (nSPS) is 21.7. The minimum Gasteiger partial charge on any atom is -0.377 e. The number of nitrogens with zero attached hydrogens (tertiary/aromatic N) is 4. The zero-order valence-electron chi connectivity index (χ0n) is 13.5. The largest absolute Gasteiger partial charge is 0.377 e. The molecule has 7 heteroatoms. The number of fused-ring (bicyclic) bond motifs is 1. The number of hydrogen-bond acceptors (Lipinski definition) is 6. The zero-order chi connectivity index (χ0) is 15.6. The monoisotopic (exact) mass is 317 g/mol. The summed E-state index contributed by atoms with van der Waals surface area (Å²) in [6, 6.07) is 0.332. The van der Waals surface area contributed by atoms with E-state index in [1.165, 1.54) is 30.7 Å². The summed E-state index contributed by atoms with van der Waals surface area (Å²) in [4.78, 5) is 15.2. The number of aromatic nitrogens is 4. The molecule has 0 unspecified atom stereocenters. The van der Waals surface area contributed by atoms with Crippen LogP contribution in [-0.4, -0.2) is 38.7 Å². The molecule has 124 valence electrons. The Morgan fingerprint density at radius 3 is 3.04 bits per heavy atom. The first-order valence-corrected chi connectivity index (χ1v) is 8.45. The van der Waals surface area contributed by atoms with Gasteiger partial charge in [0, 0.05) is 12.8 Å². The Kier molecular flexibility index (Phi) is 4.13. The van der Waals surface area contributed by atoms with E-state index in [2.05, 4.69) is 20.0 Å². The lowest BCUT2D eigenvalue weighted by Crippen LogP contribution is -2.23. The first-order chi connectivity index (χ1) is 11.3. The molecule has 0 saturated carbocycles. The van der Waals surface area contributed by atoms with Gasteiger partial charge in [-0.05, 0) is 45.1 Å². The van der Waals surface area contributed by atoms with Crippen molar-refractivity contribution in [1.29, 1.82) is 0 Å². The number of rotatable bonds is 5. The van der Waals surface area contributed by atoms with Crippen LogP contribution < -0.4 is 0 Å². The lowest BCUT2D eigenvalue weighted by atomic mass is 10.0. The van der Waals surface area contributed by atoms with Crippen LogP contribution >= 0.6 is 0 Å². The molecule has 0 amide bonds. The SMILES string of the molecule is COCc1noc(CN2CCC[C@H]2c2nc3c([nH]2)CCCC3)n1. The molecule has 2 aromatic heterocycles. The van der Waals surface area contributed by atoms with Crippen LogP contribution in [0.2, 0.25) is 0 Å². The van der Waals surface area contributed by atoms with Crippen molar-refractivity contribution in [2.75, 3.05) is 13.7 Å². The van der Waals surface area contributed by atoms with E-state index >= 15 is 0 Å². The fourth-order valence-electron chi connectivity index (χ4n) is 3.67. The number of methoxy groups -OCH3 is 1. The second kappa shape index (κ2) is 6.41. The van der Waals surface area contributed by atoms with Crippen LogP contribution in [-0.2, 0) is 30.7 Å². The van der Waals surface area contributed by atoms with Gasteiger partial charge >= 0.3 is 0 Å². The van der Waals surface area contributed by atoms with E-state index in [-0.39, 0.29) is 0 Å². The first kappa shape index (κ1) is 14.8. The van der Waals surface area contributed by atoms with Gasteiger partial charge in [-0.15, -0.1) is 0 Å². The zero-order valence-corrected chi connectivity index (χ0v) is 13.5. The smallest absolute Gasteiger partial charge is 0.240 e. The molecule has 0 aromatic carbocycles. The van der Waals surface area contributed by atoms with E-state index in [4.69, 9.17) is 14.2 Å². The molecule has 0 radical (unpaired) electrons. The van der Waals surface area contributed by atoms with Gasteiger partial charge < -0.3 is 14.2 Å². The molecule has 3 heterocycles. The van der Waals surface area contributed by atoms with Crippen molar-refractivity contribution in [2.45, 2.75) is 57.7 Å². The molecule has 2 aromatic rings. The summed E-state index contributed by atoms with van der Waals surface area (Å²) in [6.45, 7) is 2.10. The summed E-state index contributed by atoms with van der Waals surface area (Å²) in [5, 5.41) is 3.94. The number of hydrogen-bond donors (Lipinski definition) is 1. The lowest BCUT2D eigenvalue weighted by molar-refractivity contribution is 0.174. The van der Waals surface area contributed by atoms with Crippen molar-refractivity contribution in [3.8, 4) is 0 Å². The molecule has 7 nitrogen and oxygen atoms in total. The number of likely N-dealkylation sites (tertiary alicyclic amines) is 1. The maximum Gasteiger partial charge on any atom is 0.240 e. The van der Waals surface area contributed by atoms with Crippen LogP contribution in [0.5, 0.6) is 0 Å². The summed E-state index contributed by atoms with van der Waals surface area (Å²) in [5.41, 5.74) is 2.62. The van der Waals surface area contributed by atoms with Gasteiger partial charge in [0.2, 0.25) is 5.89 Å². The summed E-state index contributed by atoms with van der Waals surface area (Å²) in [7, 11) is 1.63. The molecule has 0 spiro atoms. The van der Waals surface area contributed by atoms with Gasteiger partial charge in [0.05, 0.1) is 18.3 Å². The predicted molar refractivity (Wildman–Crippen MR) is 82.6 cm³/mol. The maximum atomic E-state index is 5.33. The highest BCUT2D eigenvalue weighted by Gasteiger charge is 2.31. The van der Waals surface area contributed by atoms with E-state index < -0.39 is 0 Å². The van der Waals surface area contributed by atoms with E-state index in [1.54, 1.807) is 7.11 Å². The number of aromatic amines is 1. The standard InChI is InChI=1S/C16H23N5O2/c1-22-10-14-19-15(23-20-14)9-21-8-4-7-13(21)16-17-11-5-2-3-6-12(11)18-16/h13H,2-10H2,1H3,(H,17,18)/t13-/m0/s1. The Hall–Kier alpha value is -1.73. The fraction of sp³-hybridized carbons (Fsp3) is 0.688. The Morgan fingerprint density at radius 1 is 1.26 bits per heavy atom. The van der Waals surface area contributed by atoms with Crippen molar-refractivity contribution in [3.63, 3.8) is 0 Å². The van der Waals surface area contributed by atoms with E-state index in [0.29, 0.717) is 30.9 Å². The molecule has 1 fully saturated rings. The maximum absolute atomic E-state index is 5.33. The molecule has 1 aliphatic heterocycles. The summed E-state index contributed by atoms with van der Waals surface area (Å²) in [6.07, 6.45) is 7.09. The Morgan fingerprint density at radius 2 is 2.17 bits per heavy atom. The van der Waals surface area contributed by atoms with Crippen LogP contribution in [0.1, 0.15) is 60.7 Å². The Labute approximate surface area is 135 Å². The third kappa shape index (κ3) is 3.03. The molecular formula is C16H23N5O2. The highest BCUT2D eigenvalue weighted by molar-refractivity contribution is 5.19. The summed E-state index contributed by atoms with van der Waals surface area (Å²) >= 11 is 0. The van der Waals surface area contributed by atoms with E-state index in [0.717, 1.165) is 31.6 Å². The molecule has 1 saturated heterocycles. The predicted octanol–water partition coefficient (Wildman–Crippen LogP) is 2.16. The number of ether oxygens (including phenoxy) is 1. The lowest BCUT2D eigenvalue weighted by Gasteiger charge is -2.20. The van der Waals surface area contributed by atoms with Crippen molar-refractivity contribution in [1.82, 2.24) is 25.0 Å². The molecule has 1 N–H and O–H groups in total. The summed E-state index contributed by atoms with van der Waals surface area (Å²) in [5.74, 6) is 2.37. The number of imidazole rings is 1. The average Bonchev–Trinajstić information content (AvgIpc) is 3.27. The van der Waals surface area contributed by atoms with Gasteiger partial charge in [-0.1, -0.05) is 5.16 Å². The van der Waals surface area contributed by atoms with Crippen molar-refractivity contribution in [3.05, 3.63) is 28.9 Å². The fourth-order valence-corrected chi connectivity index (χ4v) is 3.67. The summed E-state index contributed by atoms with van der Waals surface area (Å²) < 4.78 is 10.4. The van der Waals surface area contributed by atoms with Crippen molar-refractivity contribution >= 4 is 0 Å². The van der Waals surface area contributed by atoms with Crippen molar-refractivity contribution < 1.29 is 9.26 Å². The van der Waals surface area contributed by atoms with Crippen LogP contribution in [0, 0.1) is 0 Å². The number of nitrogens with one attached hydrogen (secondary N) is 1. The van der Waals surface area contributed by atoms with Crippen LogP contribution in [0.4, 0.5) is 0 Å². The first-order valence-electron chi connectivity index (χ1n) is 8.45. The molecule has 4 rings (SSSR count). The molecule has 0 bridgehead atoms. The quantitative estimate of drug-likeness (QED) is 0.910. The molecule has 1 aliphatic carbocycles. The van der Waals surface area contributed by atoms with Crippen molar-refractivity contribution in [2.24, 2.45) is 0 Å². The van der Waals surface area contributed by atoms with Gasteiger partial charge in [-0.3, -0.25) is 4.90 Å². The number of H-pyrrole nitrogens is 1. The average molecular weight is 317 g/mol. The van der Waals surface area contributed by atoms with Gasteiger partial charge in [-0.25, -0.2) is 4.98 Å². The molecule has 2 aliphatic rings. The third-order valence-corrected chi connectivity index (χ3v) is 4.77. The Bertz CT molecular complexity index is 642. The Balaban J connectivity index is 1.48. The minimum absolute atomic E-state index is 0.332. The van der Waals surface area contributed by atoms with E-state index in [9.17, 15) is 0 Å². The second-order valence-electron chi connectivity index (χ2n) is 6.42. The highest BCUT2D eigenvalue weighted by atomic mass is 16.5. The van der Waals surface area contributed by atoms with Crippen LogP contribution in [0.25, 0.3) is 0 Å². The third-order valence-electron chi connectivity index (χ3n) is 4.77. The van der Waals surface area contributed by atoms with Crippen LogP contribution in [0.15, 0.2) is 4.52 Å². The second-order valence-corrected chi connectivity index (χ2v) is 6.42.